The van der Waals surface area contributed by atoms with Gasteiger partial charge in [-0.2, -0.15) is 0 Å². The van der Waals surface area contributed by atoms with Crippen LogP contribution in [0.4, 0.5) is 5.69 Å². The number of hydrogen-bond acceptors (Lipinski definition) is 1. The molecule has 3 aliphatic carbocycles. The van der Waals surface area contributed by atoms with Crippen molar-refractivity contribution in [3.63, 3.8) is 0 Å². The summed E-state index contributed by atoms with van der Waals surface area (Å²) in [6.45, 7) is 2.35. The average Bonchev–Trinajstić information content (AvgIpc) is 3.78. The van der Waals surface area contributed by atoms with Gasteiger partial charge in [0.05, 0.1) is 5.52 Å². The van der Waals surface area contributed by atoms with E-state index in [-0.39, 0.29) is 0 Å². The highest BCUT2D eigenvalue weighted by Gasteiger charge is 2.25. The number of allylic oxidation sites excluding steroid dienone is 14. The van der Waals surface area contributed by atoms with E-state index in [2.05, 4.69) is 236 Å². The minimum Gasteiger partial charge on any atom is -0.362 e. The summed E-state index contributed by atoms with van der Waals surface area (Å²) in [6.07, 6.45) is 34.4. The molecule has 2 nitrogen and oxygen atoms in total. The lowest BCUT2D eigenvalue weighted by Crippen LogP contribution is -2.34. The van der Waals surface area contributed by atoms with E-state index >= 15 is 0 Å². The summed E-state index contributed by atoms with van der Waals surface area (Å²) in [5.74, 6) is 0.410. The molecule has 2 heterocycles. The van der Waals surface area contributed by atoms with E-state index < -0.39 is 0 Å². The highest BCUT2D eigenvalue weighted by molar-refractivity contribution is 6.71. The zero-order chi connectivity index (χ0) is 46.1. The van der Waals surface area contributed by atoms with Crippen molar-refractivity contribution in [3.05, 3.63) is 252 Å². The van der Waals surface area contributed by atoms with Crippen LogP contribution < -0.4 is 16.2 Å². The third-order valence-corrected chi connectivity index (χ3v) is 14.8. The molecule has 332 valence electrons. The van der Waals surface area contributed by atoms with Gasteiger partial charge in [0.1, 0.15) is 0 Å². The molecule has 1 aromatic heterocycles. The Morgan fingerprint density at radius 2 is 1.29 bits per heavy atom. The van der Waals surface area contributed by atoms with Crippen LogP contribution >= 0.6 is 0 Å². The Balaban J connectivity index is 1.11. The largest absolute Gasteiger partial charge is 0.362 e. The van der Waals surface area contributed by atoms with E-state index in [1.807, 2.05) is 0 Å². The van der Waals surface area contributed by atoms with Crippen LogP contribution in [0.3, 0.4) is 0 Å². The fourth-order valence-corrected chi connectivity index (χ4v) is 11.2. The van der Waals surface area contributed by atoms with Crippen LogP contribution in [0.25, 0.3) is 72.4 Å². The molecule has 12 rings (SSSR count). The maximum Gasteiger partial charge on any atom is 0.196 e. The molecule has 7 aromatic carbocycles. The van der Waals surface area contributed by atoms with Gasteiger partial charge in [-0.25, -0.2) is 0 Å². The number of aromatic amines is 1. The zero-order valence-corrected chi connectivity index (χ0v) is 39.3. The topological polar surface area (TPSA) is 27.8 Å². The third kappa shape index (κ3) is 8.55. The number of fused-ring (bicyclic) bond motifs is 6. The minimum absolute atomic E-state index is 0.410. The van der Waals surface area contributed by atoms with Crippen molar-refractivity contribution in [2.45, 2.75) is 45.4 Å². The maximum atomic E-state index is 4.08. The van der Waals surface area contributed by atoms with Gasteiger partial charge in [-0.15, -0.1) is 0 Å². The fraction of sp³-hybridized carbons (Fsp3) is 0.121. The molecule has 1 unspecified atom stereocenters. The minimum atomic E-state index is 0.410. The Kier molecular flexibility index (Phi) is 11.5. The van der Waals surface area contributed by atoms with Crippen LogP contribution in [0.1, 0.15) is 48.8 Å². The summed E-state index contributed by atoms with van der Waals surface area (Å²) in [4.78, 5) is 4.01. The number of aromatic nitrogens is 1. The standard InChI is InChI=1S/C66H55BN2/c1-44-37-59(61-43-56(49-23-12-5-13-24-49)42-60-58-41-54(48-21-10-4-11-22-48)32-34-63(58)69-65(60)61)64-66(57(44)39-45-29-30-50-25-14-15-26-52(50)38-45)68-36-35-51(46-17-6-2-7-18-46)27-16-28-55-40-53(31-33-62(55)67-64)47-19-8-3-9-20-47/h3-6,8-14,16-25,27-28,30-38,40-43,45,67-69H,2,7,15,26,29,39H2,1H3/b28-16-,36-35+,51-27+. The van der Waals surface area contributed by atoms with Gasteiger partial charge in [-0.3, -0.25) is 0 Å². The summed E-state index contributed by atoms with van der Waals surface area (Å²) in [5.41, 5.74) is 25.2. The van der Waals surface area contributed by atoms with Gasteiger partial charge in [0, 0.05) is 33.7 Å². The number of benzene rings is 7. The van der Waals surface area contributed by atoms with E-state index in [9.17, 15) is 0 Å². The summed E-state index contributed by atoms with van der Waals surface area (Å²) in [5, 5.41) is 6.54. The summed E-state index contributed by atoms with van der Waals surface area (Å²) in [6, 6.07) is 53.8. The number of H-pyrrole nitrogens is 1. The molecule has 3 heteroatoms. The first-order valence-electron chi connectivity index (χ1n) is 24.9. The molecular formula is C66H55BN2. The van der Waals surface area contributed by atoms with Gasteiger partial charge in [-0.05, 0) is 171 Å². The second-order valence-corrected chi connectivity index (χ2v) is 19.2. The number of anilines is 1. The third-order valence-electron chi connectivity index (χ3n) is 14.8. The molecule has 0 radical (unpaired) electrons. The number of hydrogen-bond donors (Lipinski definition) is 2. The first kappa shape index (κ1) is 42.5. The average molecular weight is 887 g/mol. The van der Waals surface area contributed by atoms with Gasteiger partial charge >= 0.3 is 0 Å². The summed E-state index contributed by atoms with van der Waals surface area (Å²) >= 11 is 0. The van der Waals surface area contributed by atoms with Crippen molar-refractivity contribution in [1.82, 2.24) is 4.98 Å². The van der Waals surface area contributed by atoms with Crippen molar-refractivity contribution >= 4 is 51.8 Å². The van der Waals surface area contributed by atoms with Gasteiger partial charge in [0.15, 0.2) is 7.28 Å². The molecule has 0 saturated carbocycles. The van der Waals surface area contributed by atoms with Crippen LogP contribution in [0.2, 0.25) is 0 Å². The molecular weight excluding hydrogens is 832 g/mol. The quantitative estimate of drug-likeness (QED) is 0.153. The van der Waals surface area contributed by atoms with Crippen molar-refractivity contribution in [2.24, 2.45) is 5.92 Å². The predicted molar refractivity (Wildman–Crippen MR) is 298 cm³/mol. The summed E-state index contributed by atoms with van der Waals surface area (Å²) < 4.78 is 0. The van der Waals surface area contributed by atoms with Gasteiger partial charge < -0.3 is 10.3 Å². The molecule has 0 spiro atoms. The van der Waals surface area contributed by atoms with E-state index in [1.165, 1.54) is 111 Å². The van der Waals surface area contributed by atoms with E-state index in [0.29, 0.717) is 5.92 Å². The monoisotopic (exact) mass is 886 g/mol. The van der Waals surface area contributed by atoms with Crippen molar-refractivity contribution < 1.29 is 0 Å². The molecule has 2 N–H and O–H groups in total. The molecule has 0 amide bonds. The van der Waals surface area contributed by atoms with Crippen LogP contribution in [0.15, 0.2) is 235 Å². The SMILES string of the molecule is Cc1cc(-c2cc(-c3ccccc3)cc3c2[nH]c2ccc(-c4ccccc4)cc23)c2c(c1CC1C=C3CCC=CC3=CC1)N/C=C/C(C1=CCCC=C1)=C\C=C/c1cc(-c3ccccc3)ccc1B2. The molecule has 0 saturated heterocycles. The first-order valence-corrected chi connectivity index (χ1v) is 24.9. The molecule has 8 aromatic rings. The Labute approximate surface area is 407 Å². The molecule has 1 aliphatic heterocycles. The van der Waals surface area contributed by atoms with Crippen molar-refractivity contribution in [2.75, 3.05) is 5.32 Å². The van der Waals surface area contributed by atoms with Gasteiger partial charge in [0.2, 0.25) is 0 Å². The summed E-state index contributed by atoms with van der Waals surface area (Å²) in [7, 11) is 0.744. The second kappa shape index (κ2) is 18.7. The normalized spacial score (nSPS) is 18.1. The van der Waals surface area contributed by atoms with Crippen LogP contribution in [-0.2, 0) is 6.42 Å². The van der Waals surface area contributed by atoms with E-state index in [0.717, 1.165) is 56.8 Å². The Hall–Kier alpha value is -7.88. The van der Waals surface area contributed by atoms with E-state index in [4.69, 9.17) is 0 Å². The smallest absolute Gasteiger partial charge is 0.196 e. The fourth-order valence-electron chi connectivity index (χ4n) is 11.2. The molecule has 69 heavy (non-hydrogen) atoms. The molecule has 1 atom stereocenters. The lowest BCUT2D eigenvalue weighted by Gasteiger charge is -2.27. The second-order valence-electron chi connectivity index (χ2n) is 19.2. The molecule has 0 bridgehead atoms. The lowest BCUT2D eigenvalue weighted by molar-refractivity contribution is 0.637. The van der Waals surface area contributed by atoms with Crippen LogP contribution in [-0.4, -0.2) is 12.3 Å². The number of nitrogens with one attached hydrogen (secondary N) is 2. The van der Waals surface area contributed by atoms with Crippen LogP contribution in [0, 0.1) is 12.8 Å². The zero-order valence-electron chi connectivity index (χ0n) is 39.3. The van der Waals surface area contributed by atoms with Crippen molar-refractivity contribution in [3.8, 4) is 44.5 Å². The van der Waals surface area contributed by atoms with Crippen LogP contribution in [0.5, 0.6) is 0 Å². The number of rotatable bonds is 7. The Morgan fingerprint density at radius 1 is 0.580 bits per heavy atom. The number of aryl methyl sites for hydroxylation is 1. The van der Waals surface area contributed by atoms with Crippen molar-refractivity contribution in [1.29, 1.82) is 0 Å². The molecule has 4 aliphatic rings. The molecule has 0 fully saturated rings. The Bertz CT molecular complexity index is 3540. The van der Waals surface area contributed by atoms with Gasteiger partial charge in [-0.1, -0.05) is 181 Å². The first-order chi connectivity index (χ1) is 34.1. The Morgan fingerprint density at radius 3 is 2.06 bits per heavy atom. The lowest BCUT2D eigenvalue weighted by atomic mass is 9.58. The highest BCUT2D eigenvalue weighted by atomic mass is 14.8. The highest BCUT2D eigenvalue weighted by Crippen LogP contribution is 2.41. The maximum absolute atomic E-state index is 4.08. The van der Waals surface area contributed by atoms with E-state index in [1.54, 1.807) is 0 Å². The van der Waals surface area contributed by atoms with Gasteiger partial charge in [0.25, 0.3) is 0 Å². The predicted octanol–water partition coefficient (Wildman–Crippen LogP) is 15.6.